The Balaban J connectivity index is 1.62. The van der Waals surface area contributed by atoms with E-state index in [0.717, 1.165) is 39.3 Å². The number of rotatable bonds is 10. The molecule has 4 aromatic carbocycles. The number of carbonyl (C=O) groups is 2. The minimum atomic E-state index is -0.953. The highest BCUT2D eigenvalue weighted by Gasteiger charge is 2.13. The molecule has 0 radical (unpaired) electrons. The van der Waals surface area contributed by atoms with Crippen LogP contribution in [0.2, 0.25) is 0 Å². The minimum absolute atomic E-state index is 0.0321. The van der Waals surface area contributed by atoms with Crippen LogP contribution >= 0.6 is 0 Å². The average molecular weight is 548 g/mol. The van der Waals surface area contributed by atoms with Gasteiger partial charge in [-0.3, -0.25) is 9.59 Å². The Morgan fingerprint density at radius 1 is 0.854 bits per heavy atom. The van der Waals surface area contributed by atoms with Gasteiger partial charge < -0.3 is 20.1 Å². The maximum Gasteiger partial charge on any atom is 0.305 e. The fraction of sp³-hybridized carbons (Fsp3) is 0.147. The Kier molecular flexibility index (Phi) is 9.67. The molecule has 0 saturated heterocycles. The van der Waals surface area contributed by atoms with Crippen LogP contribution in [0.1, 0.15) is 28.7 Å². The van der Waals surface area contributed by atoms with E-state index < -0.39 is 5.97 Å². The van der Waals surface area contributed by atoms with Crippen molar-refractivity contribution in [3.05, 3.63) is 125 Å². The van der Waals surface area contributed by atoms with Crippen molar-refractivity contribution in [1.82, 2.24) is 5.32 Å². The fourth-order valence-corrected chi connectivity index (χ4v) is 4.51. The summed E-state index contributed by atoms with van der Waals surface area (Å²) in [6, 6.07) is 32.0. The summed E-state index contributed by atoms with van der Waals surface area (Å²) in [6.45, 7) is 5.99. The molecule has 0 aromatic heterocycles. The number of anilines is 3. The number of nitrogens with one attached hydrogen (secondary N) is 1. The number of ether oxygens (including phenoxy) is 1. The molecule has 2 N–H and O–H groups in total. The van der Waals surface area contributed by atoms with Gasteiger partial charge in [-0.25, -0.2) is 0 Å². The summed E-state index contributed by atoms with van der Waals surface area (Å²) < 4.78 is 5.87. The standard InChI is InChI=1S/C34H33N3O4/c1-24-20-25(2)33(26(3)21-24)36-34(35-19-18-32(39)40)41-31(23-38)22-27-14-16-30(17-15-27)37(28-10-6-4-7-11-28)29-12-8-5-9-13-29/h4-17,20-23H,18-19H2,1-3H3,(H,35,36)(H,39,40)/b31-22+. The molecule has 0 atom stereocenters. The second-order valence-corrected chi connectivity index (χ2v) is 9.60. The quantitative estimate of drug-likeness (QED) is 0.0707. The number of hydrogen-bond donors (Lipinski definition) is 2. The summed E-state index contributed by atoms with van der Waals surface area (Å²) in [6.07, 6.45) is 2.10. The second kappa shape index (κ2) is 13.8. The monoisotopic (exact) mass is 547 g/mol. The van der Waals surface area contributed by atoms with Gasteiger partial charge in [0, 0.05) is 23.6 Å². The summed E-state index contributed by atoms with van der Waals surface area (Å²) in [5.74, 6) is -0.921. The maximum atomic E-state index is 12.0. The molecule has 41 heavy (non-hydrogen) atoms. The van der Waals surface area contributed by atoms with E-state index in [9.17, 15) is 9.59 Å². The van der Waals surface area contributed by atoms with Crippen molar-refractivity contribution in [2.24, 2.45) is 4.99 Å². The van der Waals surface area contributed by atoms with Gasteiger partial charge in [-0.15, -0.1) is 0 Å². The third-order valence-corrected chi connectivity index (χ3v) is 6.28. The van der Waals surface area contributed by atoms with Crippen molar-refractivity contribution in [2.45, 2.75) is 27.2 Å². The van der Waals surface area contributed by atoms with Crippen LogP contribution in [-0.4, -0.2) is 29.9 Å². The average Bonchev–Trinajstić information content (AvgIpc) is 2.96. The Morgan fingerprint density at radius 3 is 1.90 bits per heavy atom. The SMILES string of the molecule is Cc1cc(C)c(N=C(NCCC(=O)O)O/C(C=O)=C/c2ccc(N(c3ccccc3)c3ccccc3)cc2)c(C)c1. The van der Waals surface area contributed by atoms with Gasteiger partial charge in [0.05, 0.1) is 12.1 Å². The summed E-state index contributed by atoms with van der Waals surface area (Å²) in [7, 11) is 0. The van der Waals surface area contributed by atoms with Crippen molar-refractivity contribution in [3.8, 4) is 0 Å². The van der Waals surface area contributed by atoms with Gasteiger partial charge in [0.1, 0.15) is 0 Å². The molecule has 0 aliphatic heterocycles. The van der Waals surface area contributed by atoms with Crippen molar-refractivity contribution in [2.75, 3.05) is 11.4 Å². The number of benzene rings is 4. The van der Waals surface area contributed by atoms with Crippen LogP contribution in [0.5, 0.6) is 0 Å². The summed E-state index contributed by atoms with van der Waals surface area (Å²) in [4.78, 5) is 29.9. The number of allylic oxidation sites excluding steroid dienone is 1. The molecule has 0 bridgehead atoms. The maximum absolute atomic E-state index is 12.0. The van der Waals surface area contributed by atoms with E-state index in [1.165, 1.54) is 0 Å². The number of carbonyl (C=O) groups excluding carboxylic acids is 1. The van der Waals surface area contributed by atoms with Crippen molar-refractivity contribution in [1.29, 1.82) is 0 Å². The topological polar surface area (TPSA) is 91.2 Å². The Hall–Kier alpha value is -5.17. The molecule has 0 saturated carbocycles. The summed E-state index contributed by atoms with van der Waals surface area (Å²) in [5.41, 5.74) is 7.44. The van der Waals surface area contributed by atoms with Gasteiger partial charge >= 0.3 is 5.97 Å². The first-order chi connectivity index (χ1) is 19.8. The molecule has 0 aliphatic rings. The molecular formula is C34H33N3O4. The zero-order chi connectivity index (χ0) is 29.2. The van der Waals surface area contributed by atoms with E-state index in [4.69, 9.17) is 9.84 Å². The number of amidine groups is 1. The van der Waals surface area contributed by atoms with E-state index in [1.54, 1.807) is 6.08 Å². The molecule has 4 rings (SSSR count). The van der Waals surface area contributed by atoms with Gasteiger partial charge in [-0.1, -0.05) is 66.2 Å². The van der Waals surface area contributed by atoms with Gasteiger partial charge in [0.15, 0.2) is 12.0 Å². The molecule has 4 aromatic rings. The smallest absolute Gasteiger partial charge is 0.305 e. The van der Waals surface area contributed by atoms with E-state index in [0.29, 0.717) is 12.0 Å². The number of carboxylic acid groups (broad SMARTS) is 1. The molecule has 0 aliphatic carbocycles. The number of aldehydes is 1. The Morgan fingerprint density at radius 2 is 1.39 bits per heavy atom. The van der Waals surface area contributed by atoms with E-state index >= 15 is 0 Å². The second-order valence-electron chi connectivity index (χ2n) is 9.60. The van der Waals surface area contributed by atoms with Crippen LogP contribution in [-0.2, 0) is 14.3 Å². The minimum Gasteiger partial charge on any atom is -0.481 e. The molecule has 0 heterocycles. The number of carboxylic acids is 1. The summed E-state index contributed by atoms with van der Waals surface area (Å²) in [5, 5.41) is 12.0. The first kappa shape index (κ1) is 28.8. The van der Waals surface area contributed by atoms with Crippen LogP contribution in [0.3, 0.4) is 0 Å². The largest absolute Gasteiger partial charge is 0.481 e. The molecular weight excluding hydrogens is 514 g/mol. The lowest BCUT2D eigenvalue weighted by Crippen LogP contribution is -2.28. The highest BCUT2D eigenvalue weighted by molar-refractivity contribution is 5.87. The number of aliphatic carboxylic acids is 1. The van der Waals surface area contributed by atoms with Gasteiger partial charge in [-0.2, -0.15) is 4.99 Å². The fourth-order valence-electron chi connectivity index (χ4n) is 4.51. The van der Waals surface area contributed by atoms with Gasteiger partial charge in [-0.05, 0) is 79.9 Å². The third kappa shape index (κ3) is 7.92. The van der Waals surface area contributed by atoms with E-state index in [2.05, 4.69) is 39.5 Å². The lowest BCUT2D eigenvalue weighted by Gasteiger charge is -2.25. The van der Waals surface area contributed by atoms with Gasteiger partial charge in [0.2, 0.25) is 0 Å². The third-order valence-electron chi connectivity index (χ3n) is 6.28. The normalized spacial score (nSPS) is 11.6. The first-order valence-corrected chi connectivity index (χ1v) is 13.3. The van der Waals surface area contributed by atoms with Crippen LogP contribution < -0.4 is 10.2 Å². The van der Waals surface area contributed by atoms with Crippen molar-refractivity contribution in [3.63, 3.8) is 0 Å². The van der Waals surface area contributed by atoms with Crippen LogP contribution in [0, 0.1) is 20.8 Å². The first-order valence-electron chi connectivity index (χ1n) is 13.3. The van der Waals surface area contributed by atoms with Crippen LogP contribution in [0.15, 0.2) is 108 Å². The number of para-hydroxylation sites is 2. The molecule has 0 spiro atoms. The highest BCUT2D eigenvalue weighted by atomic mass is 16.5. The summed E-state index contributed by atoms with van der Waals surface area (Å²) >= 11 is 0. The van der Waals surface area contributed by atoms with E-state index in [1.807, 2.05) is 93.6 Å². The number of aryl methyl sites for hydroxylation is 3. The molecule has 0 unspecified atom stereocenters. The predicted octanol–water partition coefficient (Wildman–Crippen LogP) is 7.39. The molecule has 7 heteroatoms. The molecule has 0 fully saturated rings. The Labute approximate surface area is 240 Å². The zero-order valence-electron chi connectivity index (χ0n) is 23.4. The number of aliphatic imine (C=N–C) groups is 1. The van der Waals surface area contributed by atoms with Crippen molar-refractivity contribution >= 4 is 47.1 Å². The highest BCUT2D eigenvalue weighted by Crippen LogP contribution is 2.34. The predicted molar refractivity (Wildman–Crippen MR) is 164 cm³/mol. The van der Waals surface area contributed by atoms with Crippen LogP contribution in [0.25, 0.3) is 6.08 Å². The number of hydrogen-bond acceptors (Lipinski definition) is 5. The zero-order valence-corrected chi connectivity index (χ0v) is 23.4. The lowest BCUT2D eigenvalue weighted by molar-refractivity contribution is -0.136. The van der Waals surface area contributed by atoms with E-state index in [-0.39, 0.29) is 24.7 Å². The molecule has 7 nitrogen and oxygen atoms in total. The van der Waals surface area contributed by atoms with Gasteiger partial charge in [0.25, 0.3) is 6.02 Å². The molecule has 0 amide bonds. The van der Waals surface area contributed by atoms with Crippen LogP contribution in [0.4, 0.5) is 22.7 Å². The van der Waals surface area contributed by atoms with Crippen molar-refractivity contribution < 1.29 is 19.4 Å². The number of nitrogens with zero attached hydrogens (tertiary/aromatic N) is 2. The molecule has 208 valence electrons. The Bertz CT molecular complexity index is 1480. The lowest BCUT2D eigenvalue weighted by atomic mass is 10.1.